The van der Waals surface area contributed by atoms with Crippen LogP contribution in [0.15, 0.2) is 47.1 Å². The van der Waals surface area contributed by atoms with Crippen molar-refractivity contribution < 1.29 is 23.5 Å². The highest BCUT2D eigenvalue weighted by atomic mass is 19.1. The van der Waals surface area contributed by atoms with Gasteiger partial charge in [0, 0.05) is 13.0 Å². The van der Waals surface area contributed by atoms with Crippen LogP contribution in [0.3, 0.4) is 0 Å². The SMILES string of the molecule is O=C(O)[C@@H]1CCC(=O)N(CCc2ccccc2F)[C@H]1c1ccco1. The summed E-state index contributed by atoms with van der Waals surface area (Å²) in [6.45, 7) is 0.245. The predicted octanol–water partition coefficient (Wildman–Crippen LogP) is 3.03. The molecule has 0 bridgehead atoms. The Morgan fingerprint density at radius 1 is 1.29 bits per heavy atom. The van der Waals surface area contributed by atoms with Crippen LogP contribution in [-0.4, -0.2) is 28.4 Å². The van der Waals surface area contributed by atoms with Gasteiger partial charge >= 0.3 is 5.97 Å². The maximum absolute atomic E-state index is 13.8. The van der Waals surface area contributed by atoms with Gasteiger partial charge in [-0.1, -0.05) is 18.2 Å². The fourth-order valence-electron chi connectivity index (χ4n) is 3.23. The van der Waals surface area contributed by atoms with E-state index < -0.39 is 17.9 Å². The zero-order valence-corrected chi connectivity index (χ0v) is 13.0. The van der Waals surface area contributed by atoms with E-state index in [-0.39, 0.29) is 31.1 Å². The van der Waals surface area contributed by atoms with E-state index in [1.165, 1.54) is 17.2 Å². The Hall–Kier alpha value is -2.63. The first kappa shape index (κ1) is 16.2. The molecule has 1 aliphatic rings. The molecular formula is C18H18FNO4. The van der Waals surface area contributed by atoms with Gasteiger partial charge in [0.25, 0.3) is 0 Å². The standard InChI is InChI=1S/C18H18FNO4/c19-14-5-2-1-4-12(14)9-10-20-16(21)8-7-13(18(22)23)17(20)15-6-3-11-24-15/h1-6,11,13,17H,7-10H2,(H,22,23)/t13-,17-/m1/s1. The summed E-state index contributed by atoms with van der Waals surface area (Å²) in [5.41, 5.74) is 0.501. The highest BCUT2D eigenvalue weighted by Gasteiger charge is 2.42. The summed E-state index contributed by atoms with van der Waals surface area (Å²) in [7, 11) is 0. The number of carboxylic acid groups (broad SMARTS) is 1. The third kappa shape index (κ3) is 3.18. The lowest BCUT2D eigenvalue weighted by Crippen LogP contribution is -2.46. The van der Waals surface area contributed by atoms with Gasteiger partial charge in [-0.25, -0.2) is 4.39 Å². The molecule has 0 spiro atoms. The van der Waals surface area contributed by atoms with E-state index in [1.54, 1.807) is 30.3 Å². The van der Waals surface area contributed by atoms with E-state index in [1.807, 2.05) is 0 Å². The minimum atomic E-state index is -0.959. The van der Waals surface area contributed by atoms with Crippen molar-refractivity contribution in [1.82, 2.24) is 4.90 Å². The molecule has 1 saturated heterocycles. The number of halogens is 1. The zero-order chi connectivity index (χ0) is 17.1. The highest BCUT2D eigenvalue weighted by Crippen LogP contribution is 2.37. The van der Waals surface area contributed by atoms with E-state index >= 15 is 0 Å². The van der Waals surface area contributed by atoms with Crippen LogP contribution in [0.2, 0.25) is 0 Å². The number of amides is 1. The van der Waals surface area contributed by atoms with Crippen LogP contribution in [0, 0.1) is 11.7 Å². The Balaban J connectivity index is 1.85. The normalized spacial score (nSPS) is 21.0. The van der Waals surface area contributed by atoms with E-state index in [9.17, 15) is 19.1 Å². The average molecular weight is 331 g/mol. The molecule has 0 radical (unpaired) electrons. The molecule has 0 saturated carbocycles. The van der Waals surface area contributed by atoms with Crippen molar-refractivity contribution >= 4 is 11.9 Å². The fourth-order valence-corrected chi connectivity index (χ4v) is 3.23. The second kappa shape index (κ2) is 6.86. The molecule has 126 valence electrons. The molecule has 1 N–H and O–H groups in total. The van der Waals surface area contributed by atoms with Crippen LogP contribution in [0.5, 0.6) is 0 Å². The molecule has 2 heterocycles. The van der Waals surface area contributed by atoms with Crippen molar-refractivity contribution in [2.75, 3.05) is 6.54 Å². The second-order valence-electron chi connectivity index (χ2n) is 5.87. The molecule has 2 atom stereocenters. The Kier molecular flexibility index (Phi) is 4.64. The molecule has 5 nitrogen and oxygen atoms in total. The first-order valence-electron chi connectivity index (χ1n) is 7.87. The number of hydrogen-bond donors (Lipinski definition) is 1. The lowest BCUT2D eigenvalue weighted by molar-refractivity contribution is -0.152. The number of furan rings is 1. The fraction of sp³-hybridized carbons (Fsp3) is 0.333. The molecule has 1 aromatic carbocycles. The third-order valence-corrected chi connectivity index (χ3v) is 4.44. The number of carboxylic acids is 1. The molecule has 1 amide bonds. The molecule has 3 rings (SSSR count). The summed E-state index contributed by atoms with van der Waals surface area (Å²) < 4.78 is 19.2. The smallest absolute Gasteiger partial charge is 0.309 e. The number of nitrogens with zero attached hydrogens (tertiary/aromatic N) is 1. The predicted molar refractivity (Wildman–Crippen MR) is 83.6 cm³/mol. The largest absolute Gasteiger partial charge is 0.481 e. The number of carbonyl (C=O) groups is 2. The third-order valence-electron chi connectivity index (χ3n) is 4.44. The number of likely N-dealkylation sites (tertiary alicyclic amines) is 1. The van der Waals surface area contributed by atoms with Crippen molar-refractivity contribution in [3.05, 3.63) is 59.8 Å². The van der Waals surface area contributed by atoms with E-state index in [2.05, 4.69) is 0 Å². The van der Waals surface area contributed by atoms with Gasteiger partial charge in [-0.3, -0.25) is 9.59 Å². The monoisotopic (exact) mass is 331 g/mol. The Labute approximate surface area is 138 Å². The van der Waals surface area contributed by atoms with Gasteiger partial charge in [0.05, 0.1) is 12.2 Å². The number of aliphatic carboxylic acids is 1. The quantitative estimate of drug-likeness (QED) is 0.914. The first-order chi connectivity index (χ1) is 11.6. The Bertz CT molecular complexity index is 728. The number of hydrogen-bond acceptors (Lipinski definition) is 3. The first-order valence-corrected chi connectivity index (χ1v) is 7.87. The molecule has 0 aliphatic carbocycles. The molecule has 1 aliphatic heterocycles. The molecule has 1 fully saturated rings. The summed E-state index contributed by atoms with van der Waals surface area (Å²) in [5.74, 6) is -1.70. The van der Waals surface area contributed by atoms with Gasteiger partial charge in [0.2, 0.25) is 5.91 Å². The topological polar surface area (TPSA) is 70.8 Å². The van der Waals surface area contributed by atoms with Crippen LogP contribution in [0.1, 0.15) is 30.2 Å². The minimum absolute atomic E-state index is 0.134. The van der Waals surface area contributed by atoms with Gasteiger partial charge in [0.1, 0.15) is 17.6 Å². The number of benzene rings is 1. The maximum atomic E-state index is 13.8. The molecule has 6 heteroatoms. The van der Waals surface area contributed by atoms with Gasteiger partial charge < -0.3 is 14.4 Å². The molecule has 24 heavy (non-hydrogen) atoms. The van der Waals surface area contributed by atoms with E-state index in [0.717, 1.165) is 0 Å². The van der Waals surface area contributed by atoms with Gasteiger partial charge in [-0.05, 0) is 36.6 Å². The second-order valence-corrected chi connectivity index (χ2v) is 5.87. The van der Waals surface area contributed by atoms with Gasteiger partial charge in [-0.2, -0.15) is 0 Å². The van der Waals surface area contributed by atoms with Crippen LogP contribution in [-0.2, 0) is 16.0 Å². The number of carbonyl (C=O) groups excluding carboxylic acids is 1. The molecule has 0 unspecified atom stereocenters. The van der Waals surface area contributed by atoms with Crippen molar-refractivity contribution in [2.45, 2.75) is 25.3 Å². The summed E-state index contributed by atoms with van der Waals surface area (Å²) in [4.78, 5) is 25.5. The van der Waals surface area contributed by atoms with Crippen LogP contribution < -0.4 is 0 Å². The van der Waals surface area contributed by atoms with Crippen molar-refractivity contribution in [2.24, 2.45) is 5.92 Å². The van der Waals surface area contributed by atoms with Crippen molar-refractivity contribution in [1.29, 1.82) is 0 Å². The van der Waals surface area contributed by atoms with E-state index in [4.69, 9.17) is 4.42 Å². The summed E-state index contributed by atoms with van der Waals surface area (Å²) in [6.07, 6.45) is 2.23. The summed E-state index contributed by atoms with van der Waals surface area (Å²) in [5, 5.41) is 9.50. The molecular weight excluding hydrogens is 313 g/mol. The Morgan fingerprint density at radius 2 is 2.08 bits per heavy atom. The highest BCUT2D eigenvalue weighted by molar-refractivity contribution is 5.81. The van der Waals surface area contributed by atoms with Crippen molar-refractivity contribution in [3.63, 3.8) is 0 Å². The molecule has 1 aromatic heterocycles. The summed E-state index contributed by atoms with van der Waals surface area (Å²) >= 11 is 0. The zero-order valence-electron chi connectivity index (χ0n) is 13.0. The van der Waals surface area contributed by atoms with Gasteiger partial charge in [0.15, 0.2) is 0 Å². The Morgan fingerprint density at radius 3 is 2.75 bits per heavy atom. The van der Waals surface area contributed by atoms with Gasteiger partial charge in [-0.15, -0.1) is 0 Å². The summed E-state index contributed by atoms with van der Waals surface area (Å²) in [6, 6.07) is 9.07. The lowest BCUT2D eigenvalue weighted by Gasteiger charge is -2.38. The maximum Gasteiger partial charge on any atom is 0.309 e. The minimum Gasteiger partial charge on any atom is -0.481 e. The lowest BCUT2D eigenvalue weighted by atomic mass is 9.87. The van der Waals surface area contributed by atoms with E-state index in [0.29, 0.717) is 17.7 Å². The van der Waals surface area contributed by atoms with Crippen LogP contribution >= 0.6 is 0 Å². The average Bonchev–Trinajstić information content (AvgIpc) is 3.08. The van der Waals surface area contributed by atoms with Crippen LogP contribution in [0.25, 0.3) is 0 Å². The number of piperidine rings is 1. The van der Waals surface area contributed by atoms with Crippen molar-refractivity contribution in [3.8, 4) is 0 Å². The van der Waals surface area contributed by atoms with Crippen LogP contribution in [0.4, 0.5) is 4.39 Å². The molecule has 2 aromatic rings. The number of rotatable bonds is 5.